The zero-order valence-electron chi connectivity index (χ0n) is 14.2. The van der Waals surface area contributed by atoms with E-state index in [1.807, 2.05) is 0 Å². The molecule has 0 aliphatic heterocycles. The van der Waals surface area contributed by atoms with Crippen molar-refractivity contribution in [3.8, 4) is 11.4 Å². The third kappa shape index (κ3) is 4.23. The quantitative estimate of drug-likeness (QED) is 0.651. The van der Waals surface area contributed by atoms with Crippen LogP contribution in [-0.2, 0) is 16.2 Å². The Morgan fingerprint density at radius 1 is 1.18 bits per heavy atom. The van der Waals surface area contributed by atoms with Gasteiger partial charge in [0.2, 0.25) is 0 Å². The van der Waals surface area contributed by atoms with Crippen molar-refractivity contribution in [1.29, 1.82) is 0 Å². The Bertz CT molecular complexity index is 1110. The van der Waals surface area contributed by atoms with E-state index in [4.69, 9.17) is 16.3 Å². The summed E-state index contributed by atoms with van der Waals surface area (Å²) in [5.41, 5.74) is -0.395. The second-order valence-electron chi connectivity index (χ2n) is 5.62. The molecule has 0 atom stereocenters. The Labute approximate surface area is 163 Å². The molecule has 0 radical (unpaired) electrons. The largest absolute Gasteiger partial charge is 0.494 e. The summed E-state index contributed by atoms with van der Waals surface area (Å²) >= 11 is 5.79. The van der Waals surface area contributed by atoms with E-state index in [-0.39, 0.29) is 10.8 Å². The van der Waals surface area contributed by atoms with Crippen molar-refractivity contribution in [2.24, 2.45) is 0 Å². The second-order valence-corrected chi connectivity index (χ2v) is 7.69. The van der Waals surface area contributed by atoms with Crippen LogP contribution >= 0.6 is 11.6 Å². The summed E-state index contributed by atoms with van der Waals surface area (Å²) in [6.45, 7) is 0. The number of rotatable bonds is 5. The zero-order chi connectivity index (χ0) is 20.5. The maximum Gasteiger partial charge on any atom is 0.416 e. The van der Waals surface area contributed by atoms with Gasteiger partial charge in [-0.25, -0.2) is 13.4 Å². The molecule has 11 heteroatoms. The number of hydrogen-bond acceptors (Lipinski definition) is 4. The van der Waals surface area contributed by atoms with Gasteiger partial charge in [-0.3, -0.25) is 4.72 Å². The van der Waals surface area contributed by atoms with Crippen molar-refractivity contribution in [3.05, 3.63) is 65.7 Å². The van der Waals surface area contributed by atoms with Crippen LogP contribution in [0.25, 0.3) is 5.69 Å². The van der Waals surface area contributed by atoms with Gasteiger partial charge < -0.3 is 9.30 Å². The Kier molecular flexibility index (Phi) is 5.26. The fourth-order valence-corrected chi connectivity index (χ4v) is 3.68. The molecule has 0 aliphatic rings. The molecule has 1 heterocycles. The number of halogens is 4. The van der Waals surface area contributed by atoms with E-state index >= 15 is 0 Å². The number of imidazole rings is 1. The van der Waals surface area contributed by atoms with Crippen LogP contribution in [0.3, 0.4) is 0 Å². The topological polar surface area (TPSA) is 73.2 Å². The van der Waals surface area contributed by atoms with E-state index in [9.17, 15) is 21.6 Å². The lowest BCUT2D eigenvalue weighted by molar-refractivity contribution is -0.137. The molecule has 6 nitrogen and oxygen atoms in total. The van der Waals surface area contributed by atoms with Crippen LogP contribution in [0.1, 0.15) is 5.56 Å². The highest BCUT2D eigenvalue weighted by Gasteiger charge is 2.31. The molecule has 1 aromatic heterocycles. The van der Waals surface area contributed by atoms with Gasteiger partial charge in [0, 0.05) is 12.3 Å². The highest BCUT2D eigenvalue weighted by Crippen LogP contribution is 2.32. The van der Waals surface area contributed by atoms with Gasteiger partial charge in [-0.05, 0) is 30.3 Å². The average Bonchev–Trinajstić information content (AvgIpc) is 3.07. The molecule has 2 aromatic carbocycles. The molecule has 0 saturated carbocycles. The first-order chi connectivity index (χ1) is 13.1. The fraction of sp³-hybridized carbons (Fsp3) is 0.118. The Hall–Kier alpha value is -2.72. The highest BCUT2D eigenvalue weighted by atomic mass is 35.5. The Balaban J connectivity index is 1.93. The lowest BCUT2D eigenvalue weighted by Crippen LogP contribution is -2.14. The van der Waals surface area contributed by atoms with Gasteiger partial charge in [0.15, 0.2) is 0 Å². The fourth-order valence-electron chi connectivity index (χ4n) is 2.44. The number of anilines is 1. The summed E-state index contributed by atoms with van der Waals surface area (Å²) in [5.74, 6) is 0.304. The summed E-state index contributed by atoms with van der Waals surface area (Å²) in [4.78, 5) is 3.38. The maximum absolute atomic E-state index is 12.8. The van der Waals surface area contributed by atoms with Gasteiger partial charge in [0.1, 0.15) is 17.2 Å². The minimum atomic E-state index is -4.65. The van der Waals surface area contributed by atoms with Crippen LogP contribution in [0.15, 0.2) is 59.9 Å². The monoisotopic (exact) mass is 431 g/mol. The lowest BCUT2D eigenvalue weighted by Gasteiger charge is -2.14. The van der Waals surface area contributed by atoms with Crippen molar-refractivity contribution < 1.29 is 26.3 Å². The first-order valence-electron chi connectivity index (χ1n) is 7.68. The van der Waals surface area contributed by atoms with Crippen molar-refractivity contribution in [2.45, 2.75) is 11.1 Å². The first kappa shape index (κ1) is 20.0. The zero-order valence-corrected chi connectivity index (χ0v) is 15.8. The van der Waals surface area contributed by atoms with Gasteiger partial charge in [-0.2, -0.15) is 13.2 Å². The summed E-state index contributed by atoms with van der Waals surface area (Å²) < 4.78 is 72.6. The van der Waals surface area contributed by atoms with Gasteiger partial charge >= 0.3 is 6.18 Å². The molecule has 0 amide bonds. The predicted molar refractivity (Wildman–Crippen MR) is 97.4 cm³/mol. The molecule has 148 valence electrons. The van der Waals surface area contributed by atoms with Gasteiger partial charge in [-0.1, -0.05) is 17.7 Å². The van der Waals surface area contributed by atoms with Gasteiger partial charge in [0.25, 0.3) is 10.0 Å². The number of alkyl halides is 3. The van der Waals surface area contributed by atoms with Crippen LogP contribution < -0.4 is 9.46 Å². The van der Waals surface area contributed by atoms with Crippen molar-refractivity contribution in [2.75, 3.05) is 11.8 Å². The van der Waals surface area contributed by atoms with E-state index in [1.165, 1.54) is 31.8 Å². The van der Waals surface area contributed by atoms with Crippen LogP contribution in [0.2, 0.25) is 5.15 Å². The Morgan fingerprint density at radius 2 is 1.93 bits per heavy atom. The molecule has 0 bridgehead atoms. The molecule has 0 saturated heterocycles. The number of nitrogens with one attached hydrogen (secondary N) is 1. The molecule has 0 fully saturated rings. The molecule has 1 N–H and O–H groups in total. The minimum Gasteiger partial charge on any atom is -0.494 e. The number of sulfonamides is 1. The second kappa shape index (κ2) is 7.36. The number of aromatic nitrogens is 2. The number of ether oxygens (including phenoxy) is 1. The standard InChI is InChI=1S/C17H13ClF3N3O3S/c1-27-15-8-12(5-6-14(15)24-9-16(18)22-10-24)23-28(25,26)13-4-2-3-11(7-13)17(19,20)21/h2-10,23H,1H3. The van der Waals surface area contributed by atoms with Crippen LogP contribution in [0.5, 0.6) is 5.75 Å². The van der Waals surface area contributed by atoms with E-state index in [0.717, 1.165) is 18.2 Å². The Morgan fingerprint density at radius 3 is 2.54 bits per heavy atom. The first-order valence-corrected chi connectivity index (χ1v) is 9.54. The molecular formula is C17H13ClF3N3O3S. The van der Waals surface area contributed by atoms with Crippen LogP contribution in [-0.4, -0.2) is 25.1 Å². The molecule has 0 spiro atoms. The molecular weight excluding hydrogens is 419 g/mol. The number of benzene rings is 2. The van der Waals surface area contributed by atoms with Crippen LogP contribution in [0.4, 0.5) is 18.9 Å². The van der Waals surface area contributed by atoms with E-state index < -0.39 is 26.7 Å². The van der Waals surface area contributed by atoms with E-state index in [2.05, 4.69) is 9.71 Å². The molecule has 3 aromatic rings. The van der Waals surface area contributed by atoms with Crippen molar-refractivity contribution in [1.82, 2.24) is 9.55 Å². The molecule has 0 aliphatic carbocycles. The lowest BCUT2D eigenvalue weighted by atomic mass is 10.2. The number of hydrogen-bond donors (Lipinski definition) is 1. The average molecular weight is 432 g/mol. The van der Waals surface area contributed by atoms with Gasteiger partial charge in [0.05, 0.1) is 28.9 Å². The van der Waals surface area contributed by atoms with Crippen molar-refractivity contribution >= 4 is 27.3 Å². The summed E-state index contributed by atoms with van der Waals surface area (Å²) in [7, 11) is -2.85. The van der Waals surface area contributed by atoms with Gasteiger partial charge in [-0.15, -0.1) is 0 Å². The van der Waals surface area contributed by atoms with Crippen LogP contribution in [0, 0.1) is 0 Å². The smallest absolute Gasteiger partial charge is 0.416 e. The van der Waals surface area contributed by atoms with E-state index in [1.54, 1.807) is 10.6 Å². The summed E-state index contributed by atoms with van der Waals surface area (Å²) in [5, 5.41) is 0.261. The highest BCUT2D eigenvalue weighted by molar-refractivity contribution is 7.92. The summed E-state index contributed by atoms with van der Waals surface area (Å²) in [6, 6.07) is 7.88. The predicted octanol–water partition coefficient (Wildman–Crippen LogP) is 4.35. The SMILES string of the molecule is COc1cc(NS(=O)(=O)c2cccc(C(F)(F)F)c2)ccc1-n1cnc(Cl)c1. The molecule has 28 heavy (non-hydrogen) atoms. The maximum atomic E-state index is 12.8. The number of methoxy groups -OCH3 is 1. The minimum absolute atomic E-state index is 0.115. The third-order valence-corrected chi connectivity index (χ3v) is 5.31. The van der Waals surface area contributed by atoms with Crippen molar-refractivity contribution in [3.63, 3.8) is 0 Å². The molecule has 3 rings (SSSR count). The normalized spacial score (nSPS) is 12.0. The molecule has 0 unspecified atom stereocenters. The summed E-state index contributed by atoms with van der Waals surface area (Å²) in [6.07, 6.45) is -1.67. The third-order valence-electron chi connectivity index (χ3n) is 3.73. The number of nitrogens with zero attached hydrogens (tertiary/aromatic N) is 2. The van der Waals surface area contributed by atoms with E-state index in [0.29, 0.717) is 17.5 Å².